The molecule has 220 valence electrons. The summed E-state index contributed by atoms with van der Waals surface area (Å²) in [5.74, 6) is -3.97. The van der Waals surface area contributed by atoms with Gasteiger partial charge in [-0.25, -0.2) is 4.79 Å². The molecular weight excluding hydrogens is 516 g/mol. The number of aromatic amines is 1. The standard InChI is InChI=1S/C28H42N6O6/c1-5-16(4)24(34-25(36)19(29)10-11-23(30)35)27(38)32-21(26(37)33-22(28(39)40)12-15(2)3)13-17-14-31-20-9-7-6-8-18(17)20/h6-9,14-16,19,21-22,24,31H,5,10-13,29H2,1-4H3,(H2,30,35)(H,32,38)(H,33,37)(H,34,36)(H,39,40). The Bertz CT molecular complexity index is 1190. The van der Waals surface area contributed by atoms with Gasteiger partial charge >= 0.3 is 5.97 Å². The van der Waals surface area contributed by atoms with Crippen molar-refractivity contribution in [3.8, 4) is 0 Å². The summed E-state index contributed by atoms with van der Waals surface area (Å²) < 4.78 is 0. The first kappa shape index (κ1) is 32.3. The van der Waals surface area contributed by atoms with E-state index in [-0.39, 0.29) is 37.5 Å². The van der Waals surface area contributed by atoms with Gasteiger partial charge in [0.25, 0.3) is 0 Å². The highest BCUT2D eigenvalue weighted by Crippen LogP contribution is 2.20. The van der Waals surface area contributed by atoms with Gasteiger partial charge in [0.05, 0.1) is 6.04 Å². The minimum Gasteiger partial charge on any atom is -0.480 e. The van der Waals surface area contributed by atoms with E-state index in [2.05, 4.69) is 20.9 Å². The number of primary amides is 1. The summed E-state index contributed by atoms with van der Waals surface area (Å²) in [6, 6.07) is 3.14. The Labute approximate surface area is 234 Å². The molecule has 9 N–H and O–H groups in total. The Morgan fingerprint density at radius 1 is 0.950 bits per heavy atom. The zero-order chi connectivity index (χ0) is 30.0. The number of aromatic nitrogens is 1. The molecule has 12 heteroatoms. The number of carbonyl (C=O) groups is 5. The van der Waals surface area contributed by atoms with Crippen molar-refractivity contribution >= 4 is 40.5 Å². The average molecular weight is 559 g/mol. The van der Waals surface area contributed by atoms with Crippen LogP contribution in [0.3, 0.4) is 0 Å². The molecule has 40 heavy (non-hydrogen) atoms. The molecule has 0 aliphatic heterocycles. The number of rotatable bonds is 16. The lowest BCUT2D eigenvalue weighted by Gasteiger charge is -2.28. The molecule has 12 nitrogen and oxygen atoms in total. The molecule has 1 heterocycles. The van der Waals surface area contributed by atoms with E-state index < -0.39 is 53.8 Å². The fourth-order valence-corrected chi connectivity index (χ4v) is 4.35. The fraction of sp³-hybridized carbons (Fsp3) is 0.536. The third-order valence-corrected chi connectivity index (χ3v) is 6.89. The van der Waals surface area contributed by atoms with Crippen molar-refractivity contribution in [3.05, 3.63) is 36.0 Å². The van der Waals surface area contributed by atoms with Crippen molar-refractivity contribution in [1.82, 2.24) is 20.9 Å². The van der Waals surface area contributed by atoms with E-state index in [9.17, 15) is 29.1 Å². The first-order valence-electron chi connectivity index (χ1n) is 13.6. The number of hydrogen-bond acceptors (Lipinski definition) is 6. The van der Waals surface area contributed by atoms with Crippen LogP contribution in [-0.4, -0.2) is 63.9 Å². The van der Waals surface area contributed by atoms with Crippen LogP contribution in [0.5, 0.6) is 0 Å². The maximum Gasteiger partial charge on any atom is 0.326 e. The van der Waals surface area contributed by atoms with E-state index in [1.165, 1.54) is 0 Å². The van der Waals surface area contributed by atoms with Crippen molar-refractivity contribution in [2.24, 2.45) is 23.3 Å². The molecule has 0 bridgehead atoms. The van der Waals surface area contributed by atoms with Crippen LogP contribution in [0.1, 0.15) is 58.9 Å². The molecule has 0 spiro atoms. The number of nitrogens with two attached hydrogens (primary N) is 2. The molecule has 0 saturated heterocycles. The Kier molecular flexibility index (Phi) is 12.1. The highest BCUT2D eigenvalue weighted by molar-refractivity contribution is 5.95. The molecule has 0 radical (unpaired) electrons. The van der Waals surface area contributed by atoms with Crippen molar-refractivity contribution in [2.75, 3.05) is 0 Å². The van der Waals surface area contributed by atoms with Crippen molar-refractivity contribution in [1.29, 1.82) is 0 Å². The quantitative estimate of drug-likeness (QED) is 0.158. The third-order valence-electron chi connectivity index (χ3n) is 6.89. The third kappa shape index (κ3) is 9.37. The van der Waals surface area contributed by atoms with Gasteiger partial charge in [0.2, 0.25) is 23.6 Å². The molecule has 4 amide bonds. The maximum absolute atomic E-state index is 13.5. The van der Waals surface area contributed by atoms with Crippen LogP contribution in [0, 0.1) is 11.8 Å². The summed E-state index contributed by atoms with van der Waals surface area (Å²) in [5.41, 5.74) is 12.6. The molecule has 1 aromatic carbocycles. The van der Waals surface area contributed by atoms with Crippen molar-refractivity contribution in [2.45, 2.75) is 84.0 Å². The first-order chi connectivity index (χ1) is 18.8. The molecule has 2 aromatic rings. The van der Waals surface area contributed by atoms with Crippen LogP contribution in [0.25, 0.3) is 10.9 Å². The first-order valence-corrected chi connectivity index (χ1v) is 13.6. The predicted molar refractivity (Wildman–Crippen MR) is 151 cm³/mol. The van der Waals surface area contributed by atoms with Gasteiger partial charge in [0, 0.05) is 29.9 Å². The minimum absolute atomic E-state index is 0.00632. The second-order valence-electron chi connectivity index (χ2n) is 10.6. The van der Waals surface area contributed by atoms with Crippen LogP contribution >= 0.6 is 0 Å². The second-order valence-corrected chi connectivity index (χ2v) is 10.6. The number of benzene rings is 1. The number of nitrogens with one attached hydrogen (secondary N) is 4. The van der Waals surface area contributed by atoms with Gasteiger partial charge in [-0.2, -0.15) is 0 Å². The van der Waals surface area contributed by atoms with Gasteiger partial charge < -0.3 is 37.5 Å². The summed E-state index contributed by atoms with van der Waals surface area (Å²) in [4.78, 5) is 65.7. The number of amides is 4. The number of carboxylic acid groups (broad SMARTS) is 1. The zero-order valence-corrected chi connectivity index (χ0v) is 23.5. The van der Waals surface area contributed by atoms with E-state index in [1.807, 2.05) is 45.0 Å². The van der Waals surface area contributed by atoms with Gasteiger partial charge in [-0.05, 0) is 36.3 Å². The summed E-state index contributed by atoms with van der Waals surface area (Å²) in [7, 11) is 0. The zero-order valence-electron chi connectivity index (χ0n) is 23.5. The Hall–Kier alpha value is -3.93. The lowest BCUT2D eigenvalue weighted by atomic mass is 9.96. The van der Waals surface area contributed by atoms with E-state index in [4.69, 9.17) is 11.5 Å². The molecule has 0 aliphatic carbocycles. The summed E-state index contributed by atoms with van der Waals surface area (Å²) >= 11 is 0. The lowest BCUT2D eigenvalue weighted by Crippen LogP contribution is -2.59. The van der Waals surface area contributed by atoms with Gasteiger partial charge in [0.15, 0.2) is 0 Å². The summed E-state index contributed by atoms with van der Waals surface area (Å²) in [5, 5.41) is 18.5. The van der Waals surface area contributed by atoms with Gasteiger partial charge in [-0.15, -0.1) is 0 Å². The van der Waals surface area contributed by atoms with E-state index in [1.54, 1.807) is 13.1 Å². The van der Waals surface area contributed by atoms with Crippen LogP contribution < -0.4 is 27.4 Å². The molecule has 1 aromatic heterocycles. The average Bonchev–Trinajstić information content (AvgIpc) is 3.31. The number of carbonyl (C=O) groups excluding carboxylic acids is 4. The molecule has 5 atom stereocenters. The highest BCUT2D eigenvalue weighted by atomic mass is 16.4. The summed E-state index contributed by atoms with van der Waals surface area (Å²) in [6.45, 7) is 7.32. The van der Waals surface area contributed by atoms with Gasteiger partial charge in [0.1, 0.15) is 18.1 Å². The van der Waals surface area contributed by atoms with Crippen molar-refractivity contribution < 1.29 is 29.1 Å². The monoisotopic (exact) mass is 558 g/mol. The second kappa shape index (κ2) is 15.0. The van der Waals surface area contributed by atoms with Crippen molar-refractivity contribution in [3.63, 3.8) is 0 Å². The van der Waals surface area contributed by atoms with Crippen LogP contribution in [0.4, 0.5) is 0 Å². The summed E-state index contributed by atoms with van der Waals surface area (Å²) in [6.07, 6.45) is 2.50. The number of para-hydroxylation sites is 1. The molecular formula is C28H42N6O6. The van der Waals surface area contributed by atoms with Crippen LogP contribution in [0.15, 0.2) is 30.5 Å². The predicted octanol–water partition coefficient (Wildman–Crippen LogP) is 0.934. The Morgan fingerprint density at radius 3 is 2.20 bits per heavy atom. The fourth-order valence-electron chi connectivity index (χ4n) is 4.35. The topological polar surface area (TPSA) is 209 Å². The van der Waals surface area contributed by atoms with Crippen LogP contribution in [-0.2, 0) is 30.4 Å². The highest BCUT2D eigenvalue weighted by Gasteiger charge is 2.33. The molecule has 5 unspecified atom stereocenters. The van der Waals surface area contributed by atoms with Gasteiger partial charge in [-0.1, -0.05) is 52.3 Å². The largest absolute Gasteiger partial charge is 0.480 e. The van der Waals surface area contributed by atoms with E-state index in [0.717, 1.165) is 16.5 Å². The van der Waals surface area contributed by atoms with Gasteiger partial charge in [-0.3, -0.25) is 19.2 Å². The maximum atomic E-state index is 13.5. The number of fused-ring (bicyclic) bond motifs is 1. The number of H-pyrrole nitrogens is 1. The normalized spacial score (nSPS) is 15.1. The molecule has 0 aliphatic rings. The smallest absolute Gasteiger partial charge is 0.326 e. The number of aliphatic carboxylic acids is 1. The number of hydrogen-bond donors (Lipinski definition) is 7. The molecule has 2 rings (SSSR count). The number of carboxylic acids is 1. The van der Waals surface area contributed by atoms with Crippen LogP contribution in [0.2, 0.25) is 0 Å². The van der Waals surface area contributed by atoms with E-state index >= 15 is 0 Å². The Morgan fingerprint density at radius 2 is 1.60 bits per heavy atom. The lowest BCUT2D eigenvalue weighted by molar-refractivity contribution is -0.142. The van der Waals surface area contributed by atoms with E-state index in [0.29, 0.717) is 6.42 Å². The Balaban J connectivity index is 2.32. The SMILES string of the molecule is CCC(C)C(NC(=O)C(N)CCC(N)=O)C(=O)NC(Cc1c[nH]c2ccccc12)C(=O)NC(CC(C)C)C(=O)O. The minimum atomic E-state index is -1.17. The molecule has 0 fully saturated rings. The molecule has 0 saturated carbocycles.